The number of hydrogen-bond donors (Lipinski definition) is 0. The molecule has 1 aromatic carbocycles. The van der Waals surface area contributed by atoms with E-state index >= 15 is 0 Å². The van der Waals surface area contributed by atoms with E-state index in [1.165, 1.54) is 19.2 Å². The highest BCUT2D eigenvalue weighted by Crippen LogP contribution is 2.30. The Labute approximate surface area is 82.7 Å². The summed E-state index contributed by atoms with van der Waals surface area (Å²) in [5.41, 5.74) is -0.290. The van der Waals surface area contributed by atoms with E-state index in [1.54, 1.807) is 6.92 Å². The van der Waals surface area contributed by atoms with Crippen molar-refractivity contribution in [1.29, 1.82) is 0 Å². The van der Waals surface area contributed by atoms with Crippen LogP contribution in [-0.2, 0) is 10.3 Å². The Bertz CT molecular complexity index is 319. The maximum atomic E-state index is 13.4. The molecule has 0 bridgehead atoms. The first kappa shape index (κ1) is 11.1. The molecule has 0 spiro atoms. The molecule has 0 radical (unpaired) electrons. The monoisotopic (exact) mass is 200 g/mol. The van der Waals surface area contributed by atoms with Crippen LogP contribution in [0, 0.1) is 11.6 Å². The lowest BCUT2D eigenvalue weighted by Crippen LogP contribution is -2.24. The van der Waals surface area contributed by atoms with Gasteiger partial charge in [-0.05, 0) is 19.4 Å². The number of ether oxygens (including phenoxy) is 1. The number of hydrogen-bond acceptors (Lipinski definition) is 1. The van der Waals surface area contributed by atoms with Crippen LogP contribution >= 0.6 is 0 Å². The van der Waals surface area contributed by atoms with Crippen LogP contribution in [-0.4, -0.2) is 7.11 Å². The quantitative estimate of drug-likeness (QED) is 0.727. The average molecular weight is 200 g/mol. The van der Waals surface area contributed by atoms with Gasteiger partial charge in [-0.2, -0.15) is 0 Å². The van der Waals surface area contributed by atoms with Crippen molar-refractivity contribution in [3.63, 3.8) is 0 Å². The molecular formula is C11H14F2O. The summed E-state index contributed by atoms with van der Waals surface area (Å²) < 4.78 is 31.3. The molecule has 1 aromatic rings. The molecule has 0 aliphatic rings. The normalized spacial score (nSPS) is 15.2. The zero-order chi connectivity index (χ0) is 10.8. The van der Waals surface area contributed by atoms with Gasteiger partial charge in [0.25, 0.3) is 0 Å². The average Bonchev–Trinajstić information content (AvgIpc) is 2.17. The first-order valence-corrected chi connectivity index (χ1v) is 4.54. The van der Waals surface area contributed by atoms with E-state index in [9.17, 15) is 8.78 Å². The van der Waals surface area contributed by atoms with Crippen molar-refractivity contribution in [2.75, 3.05) is 7.11 Å². The molecule has 1 rings (SSSR count). The predicted molar refractivity (Wildman–Crippen MR) is 51.0 cm³/mol. The molecule has 78 valence electrons. The summed E-state index contributed by atoms with van der Waals surface area (Å²) in [6.07, 6.45) is 0.631. The zero-order valence-electron chi connectivity index (χ0n) is 8.60. The van der Waals surface area contributed by atoms with Crippen molar-refractivity contribution in [1.82, 2.24) is 0 Å². The van der Waals surface area contributed by atoms with E-state index in [2.05, 4.69) is 0 Å². The van der Waals surface area contributed by atoms with Gasteiger partial charge in [-0.25, -0.2) is 8.78 Å². The van der Waals surface area contributed by atoms with Gasteiger partial charge in [-0.15, -0.1) is 0 Å². The molecule has 0 N–H and O–H groups in total. The Morgan fingerprint density at radius 1 is 1.36 bits per heavy atom. The number of rotatable bonds is 3. The van der Waals surface area contributed by atoms with Crippen molar-refractivity contribution in [3.8, 4) is 0 Å². The third kappa shape index (κ3) is 1.93. The minimum absolute atomic E-state index is 0.393. The van der Waals surface area contributed by atoms with Crippen LogP contribution < -0.4 is 0 Å². The molecule has 0 saturated heterocycles. The molecular weight excluding hydrogens is 186 g/mol. The Balaban J connectivity index is 3.17. The highest BCUT2D eigenvalue weighted by atomic mass is 19.1. The van der Waals surface area contributed by atoms with E-state index in [-0.39, 0.29) is 0 Å². The Hall–Kier alpha value is -0.960. The van der Waals surface area contributed by atoms with Crippen molar-refractivity contribution in [2.45, 2.75) is 25.9 Å². The van der Waals surface area contributed by atoms with Gasteiger partial charge in [0.2, 0.25) is 0 Å². The van der Waals surface area contributed by atoms with Crippen LogP contribution in [0.15, 0.2) is 18.2 Å². The highest BCUT2D eigenvalue weighted by molar-refractivity contribution is 5.24. The van der Waals surface area contributed by atoms with Gasteiger partial charge in [-0.1, -0.05) is 13.0 Å². The van der Waals surface area contributed by atoms with Gasteiger partial charge in [0, 0.05) is 18.7 Å². The topological polar surface area (TPSA) is 9.23 Å². The maximum Gasteiger partial charge on any atom is 0.132 e. The minimum Gasteiger partial charge on any atom is -0.374 e. The van der Waals surface area contributed by atoms with Gasteiger partial charge in [0.05, 0.1) is 5.60 Å². The predicted octanol–water partition coefficient (Wildman–Crippen LogP) is 3.24. The molecule has 1 unspecified atom stereocenters. The lowest BCUT2D eigenvalue weighted by Gasteiger charge is -2.27. The second-order valence-corrected chi connectivity index (χ2v) is 3.41. The molecule has 0 aliphatic heterocycles. The van der Waals surface area contributed by atoms with Crippen molar-refractivity contribution >= 4 is 0 Å². The SMILES string of the molecule is CCC(C)(OC)c1ccc(F)cc1F. The lowest BCUT2D eigenvalue weighted by atomic mass is 9.92. The van der Waals surface area contributed by atoms with E-state index in [0.29, 0.717) is 12.0 Å². The minimum atomic E-state index is -0.683. The smallest absolute Gasteiger partial charge is 0.132 e. The summed E-state index contributed by atoms with van der Waals surface area (Å²) in [6.45, 7) is 3.68. The summed E-state index contributed by atoms with van der Waals surface area (Å²) in [7, 11) is 1.52. The summed E-state index contributed by atoms with van der Waals surface area (Å²) in [5.74, 6) is -1.13. The fraction of sp³-hybridized carbons (Fsp3) is 0.455. The largest absolute Gasteiger partial charge is 0.374 e. The number of halogens is 2. The highest BCUT2D eigenvalue weighted by Gasteiger charge is 2.27. The first-order chi connectivity index (χ1) is 6.53. The summed E-state index contributed by atoms with van der Waals surface area (Å²) in [4.78, 5) is 0. The zero-order valence-corrected chi connectivity index (χ0v) is 8.60. The molecule has 1 atom stereocenters. The fourth-order valence-corrected chi connectivity index (χ4v) is 1.36. The lowest BCUT2D eigenvalue weighted by molar-refractivity contribution is -0.00431. The van der Waals surface area contributed by atoms with Crippen molar-refractivity contribution in [3.05, 3.63) is 35.4 Å². The summed E-state index contributed by atoms with van der Waals surface area (Å²) in [5, 5.41) is 0. The van der Waals surface area contributed by atoms with Gasteiger partial charge in [-0.3, -0.25) is 0 Å². The van der Waals surface area contributed by atoms with E-state index in [4.69, 9.17) is 4.74 Å². The van der Waals surface area contributed by atoms with E-state index in [0.717, 1.165) is 6.07 Å². The molecule has 14 heavy (non-hydrogen) atoms. The molecule has 0 aromatic heterocycles. The van der Waals surface area contributed by atoms with E-state index < -0.39 is 17.2 Å². The van der Waals surface area contributed by atoms with Gasteiger partial charge in [0.15, 0.2) is 0 Å². The van der Waals surface area contributed by atoms with Crippen LogP contribution in [0.3, 0.4) is 0 Å². The Morgan fingerprint density at radius 2 is 2.00 bits per heavy atom. The number of methoxy groups -OCH3 is 1. The third-order valence-corrected chi connectivity index (χ3v) is 2.63. The second-order valence-electron chi connectivity index (χ2n) is 3.41. The second kappa shape index (κ2) is 4.05. The Kier molecular flexibility index (Phi) is 3.21. The van der Waals surface area contributed by atoms with Crippen molar-refractivity contribution in [2.24, 2.45) is 0 Å². The standard InChI is InChI=1S/C11H14F2O/c1-4-11(2,14-3)9-6-5-8(12)7-10(9)13/h5-7H,4H2,1-3H3. The third-order valence-electron chi connectivity index (χ3n) is 2.63. The van der Waals surface area contributed by atoms with Crippen LogP contribution in [0.2, 0.25) is 0 Å². The molecule has 0 heterocycles. The summed E-state index contributed by atoms with van der Waals surface area (Å²) >= 11 is 0. The van der Waals surface area contributed by atoms with Gasteiger partial charge >= 0.3 is 0 Å². The molecule has 1 nitrogen and oxygen atoms in total. The van der Waals surface area contributed by atoms with Crippen LogP contribution in [0.1, 0.15) is 25.8 Å². The number of benzene rings is 1. The maximum absolute atomic E-state index is 13.4. The molecule has 0 amide bonds. The van der Waals surface area contributed by atoms with Gasteiger partial charge in [0.1, 0.15) is 11.6 Å². The fourth-order valence-electron chi connectivity index (χ4n) is 1.36. The first-order valence-electron chi connectivity index (χ1n) is 4.54. The molecule has 0 fully saturated rings. The summed E-state index contributed by atoms with van der Waals surface area (Å²) in [6, 6.07) is 3.55. The van der Waals surface area contributed by atoms with E-state index in [1.807, 2.05) is 6.92 Å². The van der Waals surface area contributed by atoms with Crippen molar-refractivity contribution < 1.29 is 13.5 Å². The molecule has 0 aliphatic carbocycles. The van der Waals surface area contributed by atoms with Crippen LogP contribution in [0.25, 0.3) is 0 Å². The Morgan fingerprint density at radius 3 is 2.43 bits per heavy atom. The molecule has 0 saturated carbocycles. The molecule has 3 heteroatoms. The van der Waals surface area contributed by atoms with Crippen LogP contribution in [0.4, 0.5) is 8.78 Å². The van der Waals surface area contributed by atoms with Crippen LogP contribution in [0.5, 0.6) is 0 Å². The van der Waals surface area contributed by atoms with Gasteiger partial charge < -0.3 is 4.74 Å².